The zero-order chi connectivity index (χ0) is 13.0. The smallest absolute Gasteiger partial charge is 0.123 e. The predicted octanol–water partition coefficient (Wildman–Crippen LogP) is 2.33. The van der Waals surface area contributed by atoms with Gasteiger partial charge in [-0.2, -0.15) is 0 Å². The Bertz CT molecular complexity index is 389. The Morgan fingerprint density at radius 3 is 2.94 bits per heavy atom. The molecule has 100 valence electrons. The van der Waals surface area contributed by atoms with Crippen molar-refractivity contribution < 1.29 is 9.13 Å². The number of hydrogen-bond donors (Lipinski definition) is 1. The molecular formula is C14H21FN2O. The first-order valence-corrected chi connectivity index (χ1v) is 6.52. The highest BCUT2D eigenvalue weighted by Crippen LogP contribution is 2.27. The topological polar surface area (TPSA) is 24.5 Å². The number of hydrogen-bond acceptors (Lipinski definition) is 3. The van der Waals surface area contributed by atoms with Gasteiger partial charge >= 0.3 is 0 Å². The van der Waals surface area contributed by atoms with E-state index in [1.54, 1.807) is 6.07 Å². The van der Waals surface area contributed by atoms with Crippen LogP contribution in [0.5, 0.6) is 0 Å². The van der Waals surface area contributed by atoms with Gasteiger partial charge in [0.1, 0.15) is 5.82 Å². The van der Waals surface area contributed by atoms with E-state index in [4.69, 9.17) is 4.74 Å². The maximum absolute atomic E-state index is 13.4. The fourth-order valence-corrected chi connectivity index (χ4v) is 2.30. The van der Waals surface area contributed by atoms with Gasteiger partial charge in [-0.1, -0.05) is 0 Å². The standard InChI is InChI=1S/C14H21FN2O/c1-11(16-2)13-10-12(15)4-5-14(13)17-6-3-8-18-9-7-17/h4-5,10-11,16H,3,6-9H2,1-2H3. The van der Waals surface area contributed by atoms with Crippen LogP contribution in [0.1, 0.15) is 24.9 Å². The summed E-state index contributed by atoms with van der Waals surface area (Å²) in [5.41, 5.74) is 2.13. The molecule has 0 aromatic heterocycles. The largest absolute Gasteiger partial charge is 0.380 e. The van der Waals surface area contributed by atoms with Crippen LogP contribution in [0.15, 0.2) is 18.2 Å². The van der Waals surface area contributed by atoms with Gasteiger partial charge in [0.2, 0.25) is 0 Å². The van der Waals surface area contributed by atoms with Crippen molar-refractivity contribution in [1.29, 1.82) is 0 Å². The lowest BCUT2D eigenvalue weighted by Gasteiger charge is -2.27. The summed E-state index contributed by atoms with van der Waals surface area (Å²) in [5, 5.41) is 3.18. The molecule has 1 heterocycles. The molecule has 1 fully saturated rings. The second kappa shape index (κ2) is 6.16. The van der Waals surface area contributed by atoms with Gasteiger partial charge in [-0.05, 0) is 44.2 Å². The van der Waals surface area contributed by atoms with E-state index in [1.165, 1.54) is 6.07 Å². The molecule has 0 bridgehead atoms. The molecular weight excluding hydrogens is 231 g/mol. The lowest BCUT2D eigenvalue weighted by molar-refractivity contribution is 0.152. The number of ether oxygens (including phenoxy) is 1. The van der Waals surface area contributed by atoms with Gasteiger partial charge < -0.3 is 15.0 Å². The Morgan fingerprint density at radius 1 is 1.33 bits per heavy atom. The predicted molar refractivity (Wildman–Crippen MR) is 71.5 cm³/mol. The molecule has 0 radical (unpaired) electrons. The molecule has 3 nitrogen and oxygen atoms in total. The summed E-state index contributed by atoms with van der Waals surface area (Å²) in [4.78, 5) is 2.29. The third-order valence-electron chi connectivity index (χ3n) is 3.45. The van der Waals surface area contributed by atoms with Crippen molar-refractivity contribution in [1.82, 2.24) is 5.32 Å². The second-order valence-electron chi connectivity index (χ2n) is 4.67. The zero-order valence-electron chi connectivity index (χ0n) is 11.1. The van der Waals surface area contributed by atoms with Gasteiger partial charge in [0.25, 0.3) is 0 Å². The number of benzene rings is 1. The molecule has 1 saturated heterocycles. The summed E-state index contributed by atoms with van der Waals surface area (Å²) < 4.78 is 18.9. The van der Waals surface area contributed by atoms with Gasteiger partial charge in [0.15, 0.2) is 0 Å². The number of halogens is 1. The second-order valence-corrected chi connectivity index (χ2v) is 4.67. The molecule has 0 amide bonds. The van der Waals surface area contributed by atoms with E-state index in [0.717, 1.165) is 44.0 Å². The van der Waals surface area contributed by atoms with Crippen LogP contribution in [0.25, 0.3) is 0 Å². The van der Waals surface area contributed by atoms with Crippen molar-refractivity contribution in [3.63, 3.8) is 0 Å². The highest BCUT2D eigenvalue weighted by atomic mass is 19.1. The van der Waals surface area contributed by atoms with Crippen molar-refractivity contribution in [2.24, 2.45) is 0 Å². The van der Waals surface area contributed by atoms with Crippen molar-refractivity contribution in [2.45, 2.75) is 19.4 Å². The Kier molecular flexibility index (Phi) is 4.55. The fourth-order valence-electron chi connectivity index (χ4n) is 2.30. The van der Waals surface area contributed by atoms with E-state index in [1.807, 2.05) is 20.0 Å². The molecule has 1 N–H and O–H groups in total. The lowest BCUT2D eigenvalue weighted by atomic mass is 10.0. The Morgan fingerprint density at radius 2 is 2.17 bits per heavy atom. The monoisotopic (exact) mass is 252 g/mol. The van der Waals surface area contributed by atoms with Crippen LogP contribution >= 0.6 is 0 Å². The Hall–Kier alpha value is -1.13. The van der Waals surface area contributed by atoms with Crippen LogP contribution < -0.4 is 10.2 Å². The van der Waals surface area contributed by atoms with Crippen LogP contribution in [-0.2, 0) is 4.74 Å². The molecule has 1 aliphatic rings. The summed E-state index contributed by atoms with van der Waals surface area (Å²) in [6, 6.07) is 5.18. The normalized spacial score (nSPS) is 18.5. The summed E-state index contributed by atoms with van der Waals surface area (Å²) in [6.07, 6.45) is 1.02. The maximum atomic E-state index is 13.4. The van der Waals surface area contributed by atoms with E-state index in [2.05, 4.69) is 10.2 Å². The van der Waals surface area contributed by atoms with E-state index in [-0.39, 0.29) is 11.9 Å². The summed E-state index contributed by atoms with van der Waals surface area (Å²) in [6.45, 7) is 5.44. The van der Waals surface area contributed by atoms with E-state index in [0.29, 0.717) is 0 Å². The molecule has 1 aromatic carbocycles. The highest BCUT2D eigenvalue weighted by molar-refractivity contribution is 5.55. The summed E-state index contributed by atoms with van der Waals surface area (Å²) in [5.74, 6) is -0.179. The number of anilines is 1. The molecule has 2 rings (SSSR count). The average Bonchev–Trinajstić information content (AvgIpc) is 2.66. The quantitative estimate of drug-likeness (QED) is 0.893. The van der Waals surface area contributed by atoms with E-state index < -0.39 is 0 Å². The fraction of sp³-hybridized carbons (Fsp3) is 0.571. The van der Waals surface area contributed by atoms with Crippen LogP contribution in [0.4, 0.5) is 10.1 Å². The van der Waals surface area contributed by atoms with Gasteiger partial charge in [-0.3, -0.25) is 0 Å². The first-order chi connectivity index (χ1) is 8.72. The molecule has 18 heavy (non-hydrogen) atoms. The molecule has 1 unspecified atom stereocenters. The van der Waals surface area contributed by atoms with Gasteiger partial charge in [0, 0.05) is 31.4 Å². The van der Waals surface area contributed by atoms with Crippen LogP contribution in [0.2, 0.25) is 0 Å². The number of nitrogens with zero attached hydrogens (tertiary/aromatic N) is 1. The molecule has 0 saturated carbocycles. The third-order valence-corrected chi connectivity index (χ3v) is 3.45. The average molecular weight is 252 g/mol. The van der Waals surface area contributed by atoms with Crippen molar-refractivity contribution in [2.75, 3.05) is 38.3 Å². The first kappa shape index (κ1) is 13.3. The molecule has 4 heteroatoms. The molecule has 0 spiro atoms. The Balaban J connectivity index is 2.29. The van der Waals surface area contributed by atoms with Crippen LogP contribution in [0, 0.1) is 5.82 Å². The molecule has 0 aliphatic carbocycles. The van der Waals surface area contributed by atoms with Gasteiger partial charge in [0.05, 0.1) is 6.61 Å². The van der Waals surface area contributed by atoms with Gasteiger partial charge in [-0.15, -0.1) is 0 Å². The van der Waals surface area contributed by atoms with Crippen LogP contribution in [0.3, 0.4) is 0 Å². The summed E-state index contributed by atoms with van der Waals surface area (Å²) >= 11 is 0. The first-order valence-electron chi connectivity index (χ1n) is 6.52. The molecule has 1 aliphatic heterocycles. The van der Waals surface area contributed by atoms with Gasteiger partial charge in [-0.25, -0.2) is 4.39 Å². The minimum Gasteiger partial charge on any atom is -0.380 e. The molecule has 1 aromatic rings. The number of rotatable bonds is 3. The van der Waals surface area contributed by atoms with Crippen molar-refractivity contribution in [3.05, 3.63) is 29.6 Å². The molecule has 1 atom stereocenters. The van der Waals surface area contributed by atoms with Crippen LogP contribution in [-0.4, -0.2) is 33.4 Å². The van der Waals surface area contributed by atoms with E-state index in [9.17, 15) is 4.39 Å². The maximum Gasteiger partial charge on any atom is 0.123 e. The van der Waals surface area contributed by atoms with E-state index >= 15 is 0 Å². The highest BCUT2D eigenvalue weighted by Gasteiger charge is 2.17. The Labute approximate surface area is 108 Å². The minimum atomic E-state index is -0.179. The van der Waals surface area contributed by atoms with Crippen molar-refractivity contribution in [3.8, 4) is 0 Å². The lowest BCUT2D eigenvalue weighted by Crippen LogP contribution is -2.28. The third kappa shape index (κ3) is 3.00. The SMILES string of the molecule is CNC(C)c1cc(F)ccc1N1CCCOCC1. The summed E-state index contributed by atoms with van der Waals surface area (Å²) in [7, 11) is 1.89. The zero-order valence-corrected chi connectivity index (χ0v) is 11.1. The van der Waals surface area contributed by atoms with Crippen molar-refractivity contribution >= 4 is 5.69 Å². The number of nitrogens with one attached hydrogen (secondary N) is 1. The minimum absolute atomic E-state index is 0.139.